The molecule has 6 heteroatoms. The molecule has 0 aliphatic heterocycles. The Hall–Kier alpha value is -0.190. The molecule has 0 saturated carbocycles. The van der Waals surface area contributed by atoms with Gasteiger partial charge in [0.15, 0.2) is 0 Å². The smallest absolute Gasteiger partial charge is 0.302 e. The summed E-state index contributed by atoms with van der Waals surface area (Å²) in [6.45, 7) is 5.98. The second kappa shape index (κ2) is 8.84. The van der Waals surface area contributed by atoms with E-state index < -0.39 is 14.1 Å². The molecular formula is C11H24NO4P. The molecule has 5 nitrogen and oxygen atoms in total. The third kappa shape index (κ3) is 7.68. The van der Waals surface area contributed by atoms with Crippen LogP contribution in [0.2, 0.25) is 0 Å². The Morgan fingerprint density at radius 3 is 2.59 bits per heavy atom. The summed E-state index contributed by atoms with van der Waals surface area (Å²) < 4.78 is 21.2. The molecule has 102 valence electrons. The van der Waals surface area contributed by atoms with Crippen molar-refractivity contribution in [2.45, 2.75) is 52.7 Å². The van der Waals surface area contributed by atoms with Crippen molar-refractivity contribution in [3.8, 4) is 0 Å². The third-order valence-electron chi connectivity index (χ3n) is 2.39. The van der Waals surface area contributed by atoms with Crippen LogP contribution in [0.5, 0.6) is 0 Å². The van der Waals surface area contributed by atoms with Crippen molar-refractivity contribution in [1.29, 1.82) is 0 Å². The Bertz CT molecular complexity index is 281. The topological polar surface area (TPSA) is 81.8 Å². The number of hydrogen-bond acceptors (Lipinski definition) is 4. The summed E-state index contributed by atoms with van der Waals surface area (Å²) in [5.41, 5.74) is 6.43. The Labute approximate surface area is 104 Å². The lowest BCUT2D eigenvalue weighted by atomic mass is 10.2. The quantitative estimate of drug-likeness (QED) is 0.290. The lowest BCUT2D eigenvalue weighted by molar-refractivity contribution is 0.120. The van der Waals surface area contributed by atoms with Gasteiger partial charge in [-0.05, 0) is 25.3 Å². The van der Waals surface area contributed by atoms with Crippen molar-refractivity contribution in [2.75, 3.05) is 6.61 Å². The molecule has 0 aromatic heterocycles. The number of phosphoric ester groups is 1. The van der Waals surface area contributed by atoms with Gasteiger partial charge in [-0.1, -0.05) is 32.8 Å². The fourth-order valence-corrected chi connectivity index (χ4v) is 2.19. The van der Waals surface area contributed by atoms with Crippen LogP contribution in [-0.4, -0.2) is 17.7 Å². The predicted octanol–water partition coefficient (Wildman–Crippen LogP) is 2.95. The summed E-state index contributed by atoms with van der Waals surface area (Å²) in [4.78, 5) is 9.43. The van der Waals surface area contributed by atoms with E-state index in [1.54, 1.807) is 6.08 Å². The van der Waals surface area contributed by atoms with Crippen molar-refractivity contribution in [1.82, 2.24) is 0 Å². The summed E-state index contributed by atoms with van der Waals surface area (Å²) in [5, 5.41) is 0. The molecule has 2 unspecified atom stereocenters. The molecule has 0 aliphatic carbocycles. The van der Waals surface area contributed by atoms with Crippen LogP contribution in [0.4, 0.5) is 0 Å². The standard InChI is InChI=1S/C11H24NO4P/c1-4-7-8-9-15-17(13,14)16-11(12)10(5-2)6-3/h5,11H,4,6-9,12H2,1-3H3,(H,13,14). The minimum atomic E-state index is -4.03. The van der Waals surface area contributed by atoms with Crippen LogP contribution in [0.15, 0.2) is 11.6 Å². The number of rotatable bonds is 9. The maximum absolute atomic E-state index is 11.5. The van der Waals surface area contributed by atoms with E-state index in [0.29, 0.717) is 6.42 Å². The predicted molar refractivity (Wildman–Crippen MR) is 68.4 cm³/mol. The molecule has 0 rings (SSSR count). The Balaban J connectivity index is 4.11. The zero-order valence-electron chi connectivity index (χ0n) is 10.9. The highest BCUT2D eigenvalue weighted by molar-refractivity contribution is 7.47. The molecule has 17 heavy (non-hydrogen) atoms. The molecule has 0 aromatic rings. The van der Waals surface area contributed by atoms with Crippen LogP contribution in [-0.2, 0) is 13.6 Å². The monoisotopic (exact) mass is 265 g/mol. The molecule has 0 saturated heterocycles. The summed E-state index contributed by atoms with van der Waals surface area (Å²) in [7, 11) is -4.03. The van der Waals surface area contributed by atoms with E-state index in [-0.39, 0.29) is 6.61 Å². The zero-order valence-corrected chi connectivity index (χ0v) is 11.8. The van der Waals surface area contributed by atoms with E-state index in [9.17, 15) is 9.46 Å². The van der Waals surface area contributed by atoms with Gasteiger partial charge in [-0.25, -0.2) is 4.57 Å². The summed E-state index contributed by atoms with van der Waals surface area (Å²) in [6.07, 6.45) is 4.30. The van der Waals surface area contributed by atoms with Crippen molar-refractivity contribution >= 4 is 7.82 Å². The number of phosphoric acid groups is 1. The van der Waals surface area contributed by atoms with Gasteiger partial charge in [-0.3, -0.25) is 9.05 Å². The third-order valence-corrected chi connectivity index (χ3v) is 3.40. The van der Waals surface area contributed by atoms with E-state index in [1.807, 2.05) is 20.8 Å². The first-order valence-electron chi connectivity index (χ1n) is 6.03. The Kier molecular flexibility index (Phi) is 8.74. The van der Waals surface area contributed by atoms with Crippen LogP contribution in [0.3, 0.4) is 0 Å². The maximum Gasteiger partial charge on any atom is 0.474 e. The van der Waals surface area contributed by atoms with Crippen LogP contribution in [0.1, 0.15) is 46.5 Å². The number of allylic oxidation sites excluding steroid dienone is 1. The second-order valence-corrected chi connectivity index (χ2v) is 5.16. The minimum Gasteiger partial charge on any atom is -0.302 e. The summed E-state index contributed by atoms with van der Waals surface area (Å²) in [6, 6.07) is 0. The van der Waals surface area contributed by atoms with Gasteiger partial charge in [-0.15, -0.1) is 0 Å². The highest BCUT2D eigenvalue weighted by Crippen LogP contribution is 2.45. The molecule has 0 aromatic carbocycles. The number of unbranched alkanes of at least 4 members (excludes halogenated alkanes) is 2. The first-order chi connectivity index (χ1) is 7.96. The van der Waals surface area contributed by atoms with E-state index in [1.165, 1.54) is 0 Å². The van der Waals surface area contributed by atoms with Crippen molar-refractivity contribution in [3.05, 3.63) is 11.6 Å². The highest BCUT2D eigenvalue weighted by atomic mass is 31.2. The molecule has 0 amide bonds. The Morgan fingerprint density at radius 1 is 1.47 bits per heavy atom. The van der Waals surface area contributed by atoms with Crippen molar-refractivity contribution in [2.24, 2.45) is 5.73 Å². The van der Waals surface area contributed by atoms with Gasteiger partial charge in [0.2, 0.25) is 0 Å². The minimum absolute atomic E-state index is 0.214. The van der Waals surface area contributed by atoms with Gasteiger partial charge in [-0.2, -0.15) is 0 Å². The molecule has 0 spiro atoms. The second-order valence-electron chi connectivity index (χ2n) is 3.75. The van der Waals surface area contributed by atoms with Gasteiger partial charge < -0.3 is 10.6 Å². The zero-order chi connectivity index (χ0) is 13.3. The molecule has 0 radical (unpaired) electrons. The lowest BCUT2D eigenvalue weighted by Crippen LogP contribution is -2.25. The SMILES string of the molecule is CC=C(CC)C(N)OP(=O)(O)OCCCCC. The highest BCUT2D eigenvalue weighted by Gasteiger charge is 2.25. The average molecular weight is 265 g/mol. The lowest BCUT2D eigenvalue weighted by Gasteiger charge is -2.19. The van der Waals surface area contributed by atoms with Gasteiger partial charge in [0.05, 0.1) is 6.61 Å². The van der Waals surface area contributed by atoms with E-state index >= 15 is 0 Å². The molecule has 0 fully saturated rings. The van der Waals surface area contributed by atoms with Gasteiger partial charge in [0.25, 0.3) is 0 Å². The van der Waals surface area contributed by atoms with Gasteiger partial charge in [0.1, 0.15) is 6.23 Å². The number of hydrogen-bond donors (Lipinski definition) is 2. The first-order valence-corrected chi connectivity index (χ1v) is 7.52. The van der Waals surface area contributed by atoms with Gasteiger partial charge >= 0.3 is 7.82 Å². The summed E-state index contributed by atoms with van der Waals surface area (Å²) >= 11 is 0. The van der Waals surface area contributed by atoms with Crippen LogP contribution in [0.25, 0.3) is 0 Å². The normalized spacial score (nSPS) is 17.8. The summed E-state index contributed by atoms with van der Waals surface area (Å²) in [5.74, 6) is 0. The van der Waals surface area contributed by atoms with Crippen LogP contribution >= 0.6 is 7.82 Å². The fraction of sp³-hybridized carbons (Fsp3) is 0.818. The van der Waals surface area contributed by atoms with E-state index in [4.69, 9.17) is 14.8 Å². The molecule has 3 N–H and O–H groups in total. The van der Waals surface area contributed by atoms with E-state index in [2.05, 4.69) is 0 Å². The maximum atomic E-state index is 11.5. The number of nitrogens with two attached hydrogens (primary N) is 1. The van der Waals surface area contributed by atoms with E-state index in [0.717, 1.165) is 24.8 Å². The van der Waals surface area contributed by atoms with Crippen molar-refractivity contribution < 1.29 is 18.5 Å². The molecule has 0 heterocycles. The average Bonchev–Trinajstić information content (AvgIpc) is 2.25. The van der Waals surface area contributed by atoms with Crippen LogP contribution in [0, 0.1) is 0 Å². The molecule has 0 bridgehead atoms. The molecular weight excluding hydrogens is 241 g/mol. The molecule has 0 aliphatic rings. The molecule has 2 atom stereocenters. The fourth-order valence-electron chi connectivity index (χ4n) is 1.34. The largest absolute Gasteiger partial charge is 0.474 e. The van der Waals surface area contributed by atoms with Crippen molar-refractivity contribution in [3.63, 3.8) is 0 Å². The van der Waals surface area contributed by atoms with Crippen LogP contribution < -0.4 is 5.73 Å². The Morgan fingerprint density at radius 2 is 2.12 bits per heavy atom. The first kappa shape index (κ1) is 16.8. The van der Waals surface area contributed by atoms with Gasteiger partial charge in [0, 0.05) is 0 Å².